The van der Waals surface area contributed by atoms with Crippen LogP contribution in [0.5, 0.6) is 0 Å². The number of rotatable bonds is 7. The SMILES string of the molecule is CCC(Cc1cccc(-n2nc(C(C)(C)C)cc2NC(=O)Nc2cccc(Cl)c2Cl)c1)C(=O)O. The van der Waals surface area contributed by atoms with Gasteiger partial charge in [0.15, 0.2) is 0 Å². The fourth-order valence-electron chi connectivity index (χ4n) is 3.41. The smallest absolute Gasteiger partial charge is 0.324 e. The second-order valence-corrected chi connectivity index (χ2v) is 9.86. The van der Waals surface area contributed by atoms with E-state index in [9.17, 15) is 14.7 Å². The molecule has 1 atom stereocenters. The van der Waals surface area contributed by atoms with E-state index in [0.717, 1.165) is 11.3 Å². The van der Waals surface area contributed by atoms with Crippen molar-refractivity contribution in [1.82, 2.24) is 9.78 Å². The van der Waals surface area contributed by atoms with Gasteiger partial charge in [-0.2, -0.15) is 5.10 Å². The first kappa shape index (κ1) is 25.6. The Hall–Kier alpha value is -3.03. The van der Waals surface area contributed by atoms with Gasteiger partial charge in [-0.15, -0.1) is 0 Å². The Kier molecular flexibility index (Phi) is 7.89. The van der Waals surface area contributed by atoms with Crippen molar-refractivity contribution >= 4 is 46.7 Å². The number of carboxylic acids is 1. The molecule has 1 aromatic heterocycles. The molecule has 2 aromatic carbocycles. The number of nitrogens with one attached hydrogen (secondary N) is 2. The second kappa shape index (κ2) is 10.5. The molecule has 7 nitrogen and oxygen atoms in total. The lowest BCUT2D eigenvalue weighted by molar-refractivity contribution is -0.141. The molecule has 0 aliphatic heterocycles. The lowest BCUT2D eigenvalue weighted by Gasteiger charge is -2.14. The highest BCUT2D eigenvalue weighted by Gasteiger charge is 2.22. The van der Waals surface area contributed by atoms with E-state index in [1.807, 2.05) is 58.0 Å². The number of urea groups is 1. The first-order chi connectivity index (χ1) is 16.0. The van der Waals surface area contributed by atoms with Crippen molar-refractivity contribution < 1.29 is 14.7 Å². The molecular weight excluding hydrogens is 475 g/mol. The Morgan fingerprint density at radius 1 is 1.09 bits per heavy atom. The van der Waals surface area contributed by atoms with Crippen molar-refractivity contribution in [3.63, 3.8) is 0 Å². The van der Waals surface area contributed by atoms with Crippen molar-refractivity contribution in [2.24, 2.45) is 5.92 Å². The Bertz CT molecular complexity index is 1200. The molecular formula is C25H28Cl2N4O3. The molecule has 0 saturated heterocycles. The predicted molar refractivity (Wildman–Crippen MR) is 136 cm³/mol. The fourth-order valence-corrected chi connectivity index (χ4v) is 3.76. The molecule has 0 fully saturated rings. The summed E-state index contributed by atoms with van der Waals surface area (Å²) in [5.74, 6) is -0.826. The van der Waals surface area contributed by atoms with E-state index in [2.05, 4.69) is 10.6 Å². The summed E-state index contributed by atoms with van der Waals surface area (Å²) in [6.07, 6.45) is 0.943. The van der Waals surface area contributed by atoms with E-state index in [1.165, 1.54) is 0 Å². The van der Waals surface area contributed by atoms with Gasteiger partial charge in [0.05, 0.1) is 33.0 Å². The van der Waals surface area contributed by atoms with Crippen LogP contribution in [0.4, 0.5) is 16.3 Å². The quantitative estimate of drug-likeness (QED) is 0.331. The van der Waals surface area contributed by atoms with Crippen LogP contribution in [0.2, 0.25) is 10.0 Å². The normalized spacial score (nSPS) is 12.3. The largest absolute Gasteiger partial charge is 0.481 e. The summed E-state index contributed by atoms with van der Waals surface area (Å²) in [5, 5.41) is 20.3. The standard InChI is InChI=1S/C25H28Cl2N4O3/c1-5-16(23(32)33)12-15-8-6-9-17(13-15)31-21(14-20(30-31)25(2,3)4)29-24(34)28-19-11-7-10-18(26)22(19)27/h6-11,13-14,16H,5,12H2,1-4H3,(H,32,33)(H2,28,29,34). The van der Waals surface area contributed by atoms with Crippen molar-refractivity contribution in [3.05, 3.63) is 69.8 Å². The number of halogens is 2. The zero-order chi connectivity index (χ0) is 25.0. The van der Waals surface area contributed by atoms with Crippen LogP contribution in [0.3, 0.4) is 0 Å². The number of carbonyl (C=O) groups is 2. The molecule has 180 valence electrons. The highest BCUT2D eigenvalue weighted by atomic mass is 35.5. The third-order valence-corrected chi connectivity index (χ3v) is 6.22. The first-order valence-corrected chi connectivity index (χ1v) is 11.7. The number of nitrogens with zero attached hydrogens (tertiary/aromatic N) is 2. The molecule has 0 radical (unpaired) electrons. The summed E-state index contributed by atoms with van der Waals surface area (Å²) >= 11 is 12.2. The molecule has 9 heteroatoms. The van der Waals surface area contributed by atoms with Crippen LogP contribution in [0.25, 0.3) is 5.69 Å². The number of aliphatic carboxylic acids is 1. The van der Waals surface area contributed by atoms with Gasteiger partial charge in [0.25, 0.3) is 0 Å². The molecule has 3 N–H and O–H groups in total. The summed E-state index contributed by atoms with van der Waals surface area (Å²) in [6, 6.07) is 13.8. The Labute approximate surface area is 209 Å². The highest BCUT2D eigenvalue weighted by Crippen LogP contribution is 2.30. The molecule has 34 heavy (non-hydrogen) atoms. The topological polar surface area (TPSA) is 96.3 Å². The minimum atomic E-state index is -0.819. The Morgan fingerprint density at radius 2 is 1.79 bits per heavy atom. The predicted octanol–water partition coefficient (Wildman–Crippen LogP) is 6.77. The number of hydrogen-bond donors (Lipinski definition) is 3. The average Bonchev–Trinajstić information content (AvgIpc) is 3.19. The number of hydrogen-bond acceptors (Lipinski definition) is 3. The zero-order valence-corrected chi connectivity index (χ0v) is 21.0. The molecule has 3 rings (SSSR count). The molecule has 3 aromatic rings. The summed E-state index contributed by atoms with van der Waals surface area (Å²) in [7, 11) is 0. The van der Waals surface area contributed by atoms with E-state index >= 15 is 0 Å². The van der Waals surface area contributed by atoms with Gasteiger partial charge in [0.1, 0.15) is 5.82 Å². The van der Waals surface area contributed by atoms with Gasteiger partial charge in [-0.3, -0.25) is 10.1 Å². The molecule has 1 heterocycles. The lowest BCUT2D eigenvalue weighted by atomic mass is 9.92. The van der Waals surface area contributed by atoms with E-state index in [-0.39, 0.29) is 10.4 Å². The van der Waals surface area contributed by atoms with Gasteiger partial charge >= 0.3 is 12.0 Å². The maximum absolute atomic E-state index is 12.8. The van der Waals surface area contributed by atoms with Crippen molar-refractivity contribution in [1.29, 1.82) is 0 Å². The molecule has 0 aliphatic carbocycles. The van der Waals surface area contributed by atoms with Gasteiger partial charge in [-0.25, -0.2) is 9.48 Å². The molecule has 0 aliphatic rings. The second-order valence-electron chi connectivity index (χ2n) is 9.07. The monoisotopic (exact) mass is 502 g/mol. The van der Waals surface area contributed by atoms with Gasteiger partial charge in [0.2, 0.25) is 0 Å². The zero-order valence-electron chi connectivity index (χ0n) is 19.5. The number of amides is 2. The maximum atomic E-state index is 12.8. The van der Waals surface area contributed by atoms with E-state index < -0.39 is 17.9 Å². The van der Waals surface area contributed by atoms with E-state index in [0.29, 0.717) is 35.1 Å². The lowest BCUT2D eigenvalue weighted by Crippen LogP contribution is -2.21. The number of anilines is 2. The van der Waals surface area contributed by atoms with Crippen LogP contribution < -0.4 is 10.6 Å². The van der Waals surface area contributed by atoms with Crippen LogP contribution in [-0.4, -0.2) is 26.9 Å². The molecule has 2 amide bonds. The third-order valence-electron chi connectivity index (χ3n) is 5.40. The van der Waals surface area contributed by atoms with Gasteiger partial charge in [-0.1, -0.05) is 69.1 Å². The highest BCUT2D eigenvalue weighted by molar-refractivity contribution is 6.44. The summed E-state index contributed by atoms with van der Waals surface area (Å²) in [5.41, 5.74) is 2.49. The Morgan fingerprint density at radius 3 is 2.44 bits per heavy atom. The molecule has 0 spiro atoms. The summed E-state index contributed by atoms with van der Waals surface area (Å²) in [4.78, 5) is 24.3. The number of carboxylic acid groups (broad SMARTS) is 1. The van der Waals surface area contributed by atoms with Crippen LogP contribution >= 0.6 is 23.2 Å². The number of benzene rings is 2. The maximum Gasteiger partial charge on any atom is 0.324 e. The Balaban J connectivity index is 1.93. The van der Waals surface area contributed by atoms with Crippen LogP contribution in [0.15, 0.2) is 48.5 Å². The average molecular weight is 503 g/mol. The summed E-state index contributed by atoms with van der Waals surface area (Å²) in [6.45, 7) is 7.96. The van der Waals surface area contributed by atoms with Gasteiger partial charge < -0.3 is 10.4 Å². The minimum Gasteiger partial charge on any atom is -0.481 e. The number of carbonyl (C=O) groups excluding carboxylic acids is 1. The molecule has 1 unspecified atom stereocenters. The van der Waals surface area contributed by atoms with Crippen molar-refractivity contribution in [3.8, 4) is 5.69 Å². The van der Waals surface area contributed by atoms with Crippen molar-refractivity contribution in [2.75, 3.05) is 10.6 Å². The minimum absolute atomic E-state index is 0.250. The van der Waals surface area contributed by atoms with E-state index in [4.69, 9.17) is 28.3 Å². The van der Waals surface area contributed by atoms with Crippen LogP contribution in [-0.2, 0) is 16.6 Å². The van der Waals surface area contributed by atoms with Gasteiger partial charge in [0, 0.05) is 11.5 Å². The molecule has 0 saturated carbocycles. The first-order valence-electron chi connectivity index (χ1n) is 10.9. The fraction of sp³-hybridized carbons (Fsp3) is 0.320. The van der Waals surface area contributed by atoms with Crippen LogP contribution in [0, 0.1) is 5.92 Å². The summed E-state index contributed by atoms with van der Waals surface area (Å²) < 4.78 is 1.64. The van der Waals surface area contributed by atoms with E-state index in [1.54, 1.807) is 22.9 Å². The van der Waals surface area contributed by atoms with Crippen molar-refractivity contribution in [2.45, 2.75) is 46.0 Å². The number of aromatic nitrogens is 2. The third kappa shape index (κ3) is 6.10. The van der Waals surface area contributed by atoms with Crippen LogP contribution in [0.1, 0.15) is 45.4 Å². The van der Waals surface area contributed by atoms with Gasteiger partial charge in [-0.05, 0) is 42.7 Å². The molecule has 0 bridgehead atoms.